The van der Waals surface area contributed by atoms with E-state index in [0.29, 0.717) is 6.04 Å². The number of benzene rings is 1. The van der Waals surface area contributed by atoms with Crippen molar-refractivity contribution in [2.75, 3.05) is 5.32 Å². The van der Waals surface area contributed by atoms with Crippen LogP contribution in [0.25, 0.3) is 0 Å². The lowest BCUT2D eigenvalue weighted by Gasteiger charge is -2.19. The molecule has 0 heterocycles. The average Bonchev–Trinajstić information content (AvgIpc) is 2.34. The van der Waals surface area contributed by atoms with Gasteiger partial charge in [-0.2, -0.15) is 0 Å². The Morgan fingerprint density at radius 3 is 2.94 bits per heavy atom. The Morgan fingerprint density at radius 1 is 1.22 bits per heavy atom. The minimum absolute atomic E-state index is 0.512. The number of allylic oxidation sites excluding steroid dienone is 1. The maximum absolute atomic E-state index is 3.66. The van der Waals surface area contributed by atoms with Gasteiger partial charge in [0.05, 0.1) is 0 Å². The summed E-state index contributed by atoms with van der Waals surface area (Å²) < 4.78 is 0. The van der Waals surface area contributed by atoms with Gasteiger partial charge in [-0.3, -0.25) is 0 Å². The van der Waals surface area contributed by atoms with Crippen LogP contribution in [0.5, 0.6) is 0 Å². The third kappa shape index (κ3) is 3.63. The number of anilines is 1. The van der Waals surface area contributed by atoms with Crippen LogP contribution in [0, 0.1) is 6.92 Å². The first kappa shape index (κ1) is 13.2. The topological polar surface area (TPSA) is 12.0 Å². The predicted octanol–water partition coefficient (Wildman–Crippen LogP) is 4.86. The monoisotopic (exact) mass is 243 g/mol. The van der Waals surface area contributed by atoms with Gasteiger partial charge in [-0.1, -0.05) is 38.0 Å². The van der Waals surface area contributed by atoms with Crippen molar-refractivity contribution in [1.29, 1.82) is 0 Å². The second kappa shape index (κ2) is 6.63. The molecule has 1 atom stereocenters. The van der Waals surface area contributed by atoms with Gasteiger partial charge in [0.2, 0.25) is 0 Å². The van der Waals surface area contributed by atoms with Crippen LogP contribution in [-0.4, -0.2) is 6.04 Å². The largest absolute Gasteiger partial charge is 0.379 e. The maximum atomic E-state index is 3.66. The van der Waals surface area contributed by atoms with Crippen LogP contribution in [0.1, 0.15) is 50.2 Å². The molecule has 98 valence electrons. The van der Waals surface area contributed by atoms with Crippen LogP contribution in [-0.2, 0) is 6.42 Å². The highest BCUT2D eigenvalue weighted by Crippen LogP contribution is 2.19. The van der Waals surface area contributed by atoms with E-state index in [0.717, 1.165) is 6.42 Å². The quantitative estimate of drug-likeness (QED) is 0.748. The molecule has 0 fully saturated rings. The van der Waals surface area contributed by atoms with E-state index >= 15 is 0 Å². The Kier molecular flexibility index (Phi) is 4.86. The molecule has 1 aliphatic rings. The van der Waals surface area contributed by atoms with Gasteiger partial charge < -0.3 is 5.32 Å². The summed E-state index contributed by atoms with van der Waals surface area (Å²) in [5, 5.41) is 3.66. The Morgan fingerprint density at radius 2 is 2.11 bits per heavy atom. The molecule has 0 radical (unpaired) electrons. The summed E-state index contributed by atoms with van der Waals surface area (Å²) in [6, 6.07) is 7.26. The first-order valence-electron chi connectivity index (χ1n) is 7.32. The van der Waals surface area contributed by atoms with Gasteiger partial charge in [0.1, 0.15) is 0 Å². The van der Waals surface area contributed by atoms with Crippen LogP contribution in [0.3, 0.4) is 0 Å². The third-order valence-electron chi connectivity index (χ3n) is 3.84. The second-order valence-corrected chi connectivity index (χ2v) is 5.31. The summed E-state index contributed by atoms with van der Waals surface area (Å²) in [6.45, 7) is 4.42. The van der Waals surface area contributed by atoms with Gasteiger partial charge >= 0.3 is 0 Å². The fourth-order valence-electron chi connectivity index (χ4n) is 2.64. The molecule has 1 heteroatoms. The van der Waals surface area contributed by atoms with Gasteiger partial charge in [0.15, 0.2) is 0 Å². The van der Waals surface area contributed by atoms with E-state index < -0.39 is 0 Å². The van der Waals surface area contributed by atoms with E-state index in [1.165, 1.54) is 48.9 Å². The Labute approximate surface area is 111 Å². The van der Waals surface area contributed by atoms with Crippen LogP contribution >= 0.6 is 0 Å². The highest BCUT2D eigenvalue weighted by molar-refractivity contribution is 5.49. The Balaban J connectivity index is 2.05. The van der Waals surface area contributed by atoms with Crippen molar-refractivity contribution in [3.63, 3.8) is 0 Å². The molecule has 1 unspecified atom stereocenters. The van der Waals surface area contributed by atoms with E-state index in [1.807, 2.05) is 0 Å². The number of aryl methyl sites for hydroxylation is 2. The highest BCUT2D eigenvalue weighted by Gasteiger charge is 2.07. The van der Waals surface area contributed by atoms with E-state index in [2.05, 4.69) is 49.5 Å². The van der Waals surface area contributed by atoms with Gasteiger partial charge in [-0.25, -0.2) is 0 Å². The molecule has 0 spiro atoms. The van der Waals surface area contributed by atoms with E-state index in [-0.39, 0.29) is 0 Å². The Hall–Kier alpha value is -1.24. The summed E-state index contributed by atoms with van der Waals surface area (Å²) in [6.07, 6.45) is 12.4. The van der Waals surface area contributed by atoms with Crippen molar-refractivity contribution < 1.29 is 0 Å². The first-order chi connectivity index (χ1) is 8.79. The van der Waals surface area contributed by atoms with Crippen molar-refractivity contribution in [2.45, 2.75) is 58.4 Å². The standard InChI is InChI=1S/C17H25N/c1-3-15-13-17(12-11-14(15)2)18-16-9-7-5-4-6-8-10-16/h7,9,11-13,16,18H,3-6,8,10H2,1-2H3/b9-7+. The number of nitrogens with one attached hydrogen (secondary N) is 1. The van der Waals surface area contributed by atoms with Crippen molar-refractivity contribution in [3.8, 4) is 0 Å². The van der Waals surface area contributed by atoms with Gasteiger partial charge in [-0.15, -0.1) is 0 Å². The van der Waals surface area contributed by atoms with Gasteiger partial charge in [-0.05, 0) is 55.9 Å². The van der Waals surface area contributed by atoms with Crippen molar-refractivity contribution in [3.05, 3.63) is 41.5 Å². The first-order valence-corrected chi connectivity index (χ1v) is 7.32. The smallest absolute Gasteiger partial charge is 0.0444 e. The van der Waals surface area contributed by atoms with Crippen molar-refractivity contribution in [1.82, 2.24) is 0 Å². The zero-order chi connectivity index (χ0) is 12.8. The van der Waals surface area contributed by atoms with Crippen molar-refractivity contribution >= 4 is 5.69 Å². The summed E-state index contributed by atoms with van der Waals surface area (Å²) in [4.78, 5) is 0. The summed E-state index contributed by atoms with van der Waals surface area (Å²) in [5.41, 5.74) is 4.12. The second-order valence-electron chi connectivity index (χ2n) is 5.31. The molecule has 0 saturated heterocycles. The minimum atomic E-state index is 0.512. The Bertz CT molecular complexity index is 406. The zero-order valence-corrected chi connectivity index (χ0v) is 11.7. The molecule has 0 aliphatic heterocycles. The number of hydrogen-bond donors (Lipinski definition) is 1. The zero-order valence-electron chi connectivity index (χ0n) is 11.7. The van der Waals surface area contributed by atoms with E-state index in [4.69, 9.17) is 0 Å². The molecular weight excluding hydrogens is 218 g/mol. The number of hydrogen-bond acceptors (Lipinski definition) is 1. The van der Waals surface area contributed by atoms with Gasteiger partial charge in [0, 0.05) is 11.7 Å². The molecule has 0 saturated carbocycles. The minimum Gasteiger partial charge on any atom is -0.379 e. The lowest BCUT2D eigenvalue weighted by Crippen LogP contribution is -2.17. The molecule has 1 nitrogen and oxygen atoms in total. The normalized spacial score (nSPS) is 22.0. The SMILES string of the molecule is CCc1cc(NC2/C=C/CCCCC2)ccc1C. The average molecular weight is 243 g/mol. The molecule has 1 aromatic carbocycles. The number of rotatable bonds is 3. The molecule has 0 bridgehead atoms. The highest BCUT2D eigenvalue weighted by atomic mass is 14.9. The molecule has 1 aromatic rings. The fraction of sp³-hybridized carbons (Fsp3) is 0.529. The van der Waals surface area contributed by atoms with Crippen LogP contribution in [0.4, 0.5) is 5.69 Å². The summed E-state index contributed by atoms with van der Waals surface area (Å²) >= 11 is 0. The predicted molar refractivity (Wildman–Crippen MR) is 80.2 cm³/mol. The summed E-state index contributed by atoms with van der Waals surface area (Å²) in [7, 11) is 0. The fourth-order valence-corrected chi connectivity index (χ4v) is 2.64. The lowest BCUT2D eigenvalue weighted by atomic mass is 10.0. The van der Waals surface area contributed by atoms with Crippen molar-refractivity contribution in [2.24, 2.45) is 0 Å². The molecule has 1 aliphatic carbocycles. The van der Waals surface area contributed by atoms with Crippen LogP contribution in [0.2, 0.25) is 0 Å². The maximum Gasteiger partial charge on any atom is 0.0444 e. The lowest BCUT2D eigenvalue weighted by molar-refractivity contribution is 0.610. The van der Waals surface area contributed by atoms with Crippen LogP contribution < -0.4 is 5.32 Å². The molecule has 1 N–H and O–H groups in total. The van der Waals surface area contributed by atoms with Crippen LogP contribution in [0.15, 0.2) is 30.4 Å². The van der Waals surface area contributed by atoms with E-state index in [1.54, 1.807) is 0 Å². The summed E-state index contributed by atoms with van der Waals surface area (Å²) in [5.74, 6) is 0. The molecular formula is C17H25N. The van der Waals surface area contributed by atoms with Gasteiger partial charge in [0.25, 0.3) is 0 Å². The van der Waals surface area contributed by atoms with E-state index in [9.17, 15) is 0 Å². The molecule has 0 aromatic heterocycles. The molecule has 2 rings (SSSR count). The third-order valence-corrected chi connectivity index (χ3v) is 3.84. The molecule has 0 amide bonds. The molecule has 18 heavy (non-hydrogen) atoms.